The molecule has 0 spiro atoms. The van der Waals surface area contributed by atoms with E-state index in [1.165, 1.54) is 6.07 Å². The van der Waals surface area contributed by atoms with Gasteiger partial charge in [-0.3, -0.25) is 9.89 Å². The molecular weight excluding hydrogens is 484 g/mol. The number of benzene rings is 1. The maximum absolute atomic E-state index is 13.7. The normalized spacial score (nSPS) is 21.9. The van der Waals surface area contributed by atoms with Crippen LogP contribution in [0, 0.1) is 5.82 Å². The first kappa shape index (κ1) is 24.3. The van der Waals surface area contributed by atoms with Crippen LogP contribution in [-0.4, -0.2) is 93.3 Å². The minimum absolute atomic E-state index is 0. The molecular formula is C21H35FIN5O. The summed E-state index contributed by atoms with van der Waals surface area (Å²) < 4.78 is 19.2. The zero-order chi connectivity index (χ0) is 19.9. The largest absolute Gasteiger partial charge is 0.379 e. The number of guanidine groups is 1. The second-order valence-electron chi connectivity index (χ2n) is 7.77. The molecule has 6 nitrogen and oxygen atoms in total. The summed E-state index contributed by atoms with van der Waals surface area (Å²) in [7, 11) is 4.03. The molecule has 0 bridgehead atoms. The van der Waals surface area contributed by atoms with E-state index >= 15 is 0 Å². The van der Waals surface area contributed by atoms with Gasteiger partial charge in [0.1, 0.15) is 5.82 Å². The Bertz CT molecular complexity index is 654. The van der Waals surface area contributed by atoms with Crippen LogP contribution in [0.2, 0.25) is 0 Å². The van der Waals surface area contributed by atoms with Gasteiger partial charge in [0.25, 0.3) is 0 Å². The van der Waals surface area contributed by atoms with Crippen molar-refractivity contribution in [3.05, 3.63) is 35.6 Å². The fourth-order valence-electron chi connectivity index (χ4n) is 4.05. The average Bonchev–Trinajstić information content (AvgIpc) is 3.18. The summed E-state index contributed by atoms with van der Waals surface area (Å²) in [5, 5.41) is 3.45. The number of aliphatic imine (C=N–C) groups is 1. The summed E-state index contributed by atoms with van der Waals surface area (Å²) in [4.78, 5) is 11.9. The van der Waals surface area contributed by atoms with E-state index in [-0.39, 0.29) is 35.8 Å². The van der Waals surface area contributed by atoms with E-state index in [4.69, 9.17) is 9.73 Å². The van der Waals surface area contributed by atoms with Crippen molar-refractivity contribution in [1.82, 2.24) is 20.0 Å². The van der Waals surface area contributed by atoms with Gasteiger partial charge in [0, 0.05) is 38.8 Å². The molecule has 0 radical (unpaired) electrons. The van der Waals surface area contributed by atoms with E-state index in [2.05, 4.69) is 26.9 Å². The minimum atomic E-state index is -0.201. The monoisotopic (exact) mass is 519 g/mol. The fraction of sp³-hybridized carbons (Fsp3) is 0.667. The first-order valence-electron chi connectivity index (χ1n) is 10.4. The zero-order valence-electron chi connectivity index (χ0n) is 17.8. The molecule has 3 rings (SSSR count). The molecule has 0 aromatic heterocycles. The summed E-state index contributed by atoms with van der Waals surface area (Å²) >= 11 is 0. The molecule has 164 valence electrons. The highest BCUT2D eigenvalue weighted by atomic mass is 127. The molecule has 0 saturated carbocycles. The zero-order valence-corrected chi connectivity index (χ0v) is 20.1. The minimum Gasteiger partial charge on any atom is -0.379 e. The lowest BCUT2D eigenvalue weighted by atomic mass is 10.1. The first-order chi connectivity index (χ1) is 13.6. The molecule has 0 aliphatic carbocycles. The highest BCUT2D eigenvalue weighted by Gasteiger charge is 2.30. The third-order valence-corrected chi connectivity index (χ3v) is 5.63. The number of nitrogens with one attached hydrogen (secondary N) is 1. The van der Waals surface area contributed by atoms with Crippen molar-refractivity contribution in [2.75, 3.05) is 66.6 Å². The summed E-state index contributed by atoms with van der Waals surface area (Å²) in [6, 6.07) is 7.45. The Morgan fingerprint density at radius 3 is 2.72 bits per heavy atom. The van der Waals surface area contributed by atoms with Gasteiger partial charge >= 0.3 is 0 Å². The Morgan fingerprint density at radius 2 is 2.07 bits per heavy atom. The van der Waals surface area contributed by atoms with E-state index in [9.17, 15) is 4.39 Å². The van der Waals surface area contributed by atoms with Crippen molar-refractivity contribution in [2.24, 2.45) is 4.99 Å². The maximum atomic E-state index is 13.7. The molecule has 2 aliphatic rings. The van der Waals surface area contributed by atoms with Crippen molar-refractivity contribution in [3.8, 4) is 0 Å². The molecule has 2 fully saturated rings. The fourth-order valence-corrected chi connectivity index (χ4v) is 4.05. The van der Waals surface area contributed by atoms with Crippen LogP contribution < -0.4 is 5.32 Å². The second-order valence-corrected chi connectivity index (χ2v) is 7.77. The molecule has 29 heavy (non-hydrogen) atoms. The van der Waals surface area contributed by atoms with E-state index < -0.39 is 0 Å². The quantitative estimate of drug-likeness (QED) is 0.356. The number of rotatable bonds is 6. The molecule has 1 aromatic rings. The third-order valence-electron chi connectivity index (χ3n) is 5.63. The van der Waals surface area contributed by atoms with E-state index in [0.29, 0.717) is 12.6 Å². The molecule has 1 aromatic carbocycles. The molecule has 2 unspecified atom stereocenters. The van der Waals surface area contributed by atoms with Crippen LogP contribution in [0.1, 0.15) is 24.9 Å². The SMILES string of the molecule is CCNC(=NCC(c1cccc(F)c1)N(C)C)N1CCC(N2CCOCC2)C1.I. The standard InChI is InChI=1S/C21H34FN5O.HI/c1-4-23-21(27-9-8-19(16-27)26-10-12-28-13-11-26)24-15-20(25(2)3)17-6-5-7-18(22)14-17;/h5-7,14,19-20H,4,8-13,15-16H2,1-3H3,(H,23,24);1H. The van der Waals surface area contributed by atoms with E-state index in [0.717, 1.165) is 63.9 Å². The Balaban J connectivity index is 0.00000300. The Hall–Kier alpha value is -0.970. The smallest absolute Gasteiger partial charge is 0.194 e. The number of likely N-dealkylation sites (N-methyl/N-ethyl adjacent to an activating group) is 1. The Kier molecular flexibility index (Phi) is 10.1. The van der Waals surface area contributed by atoms with Gasteiger partial charge in [-0.2, -0.15) is 0 Å². The molecule has 1 N–H and O–H groups in total. The molecule has 2 saturated heterocycles. The third kappa shape index (κ3) is 6.77. The van der Waals surface area contributed by atoms with Crippen molar-refractivity contribution in [3.63, 3.8) is 0 Å². The van der Waals surface area contributed by atoms with Crippen LogP contribution in [0.4, 0.5) is 4.39 Å². The lowest BCUT2D eigenvalue weighted by molar-refractivity contribution is 0.0195. The molecule has 2 aliphatic heterocycles. The average molecular weight is 519 g/mol. The van der Waals surface area contributed by atoms with Gasteiger partial charge in [-0.1, -0.05) is 12.1 Å². The first-order valence-corrected chi connectivity index (χ1v) is 10.4. The number of hydrogen-bond acceptors (Lipinski definition) is 4. The van der Waals surface area contributed by atoms with Crippen molar-refractivity contribution in [2.45, 2.75) is 25.4 Å². The molecule has 8 heteroatoms. The summed E-state index contributed by atoms with van der Waals surface area (Å²) in [5.41, 5.74) is 0.956. The topological polar surface area (TPSA) is 43.3 Å². The van der Waals surface area contributed by atoms with Gasteiger partial charge in [-0.05, 0) is 45.1 Å². The lowest BCUT2D eigenvalue weighted by Gasteiger charge is -2.32. The number of nitrogens with zero attached hydrogens (tertiary/aromatic N) is 4. The number of morpholine rings is 1. The maximum Gasteiger partial charge on any atom is 0.194 e. The Labute approximate surface area is 191 Å². The van der Waals surface area contributed by atoms with Crippen molar-refractivity contribution < 1.29 is 9.13 Å². The lowest BCUT2D eigenvalue weighted by Crippen LogP contribution is -2.46. The highest BCUT2D eigenvalue weighted by Crippen LogP contribution is 2.21. The number of likely N-dealkylation sites (tertiary alicyclic amines) is 1. The van der Waals surface area contributed by atoms with E-state index in [1.54, 1.807) is 12.1 Å². The molecule has 2 heterocycles. The van der Waals surface area contributed by atoms with Gasteiger partial charge in [0.05, 0.1) is 25.8 Å². The van der Waals surface area contributed by atoms with Crippen LogP contribution >= 0.6 is 24.0 Å². The van der Waals surface area contributed by atoms with Gasteiger partial charge < -0.3 is 19.9 Å². The van der Waals surface area contributed by atoms with Crippen molar-refractivity contribution in [1.29, 1.82) is 0 Å². The molecule has 0 amide bonds. The number of hydrogen-bond donors (Lipinski definition) is 1. The van der Waals surface area contributed by atoms with Crippen LogP contribution in [0.3, 0.4) is 0 Å². The van der Waals surface area contributed by atoms with Gasteiger partial charge in [0.2, 0.25) is 0 Å². The number of halogens is 2. The summed E-state index contributed by atoms with van der Waals surface area (Å²) in [6.07, 6.45) is 1.16. The van der Waals surface area contributed by atoms with Crippen LogP contribution in [0.15, 0.2) is 29.3 Å². The van der Waals surface area contributed by atoms with Crippen LogP contribution in [0.5, 0.6) is 0 Å². The van der Waals surface area contributed by atoms with Gasteiger partial charge in [0.15, 0.2) is 5.96 Å². The summed E-state index contributed by atoms with van der Waals surface area (Å²) in [6.45, 7) is 9.26. The summed E-state index contributed by atoms with van der Waals surface area (Å²) in [5.74, 6) is 0.759. The Morgan fingerprint density at radius 1 is 1.31 bits per heavy atom. The highest BCUT2D eigenvalue weighted by molar-refractivity contribution is 14.0. The van der Waals surface area contributed by atoms with Gasteiger partial charge in [-0.25, -0.2) is 4.39 Å². The van der Waals surface area contributed by atoms with Crippen molar-refractivity contribution >= 4 is 29.9 Å². The predicted molar refractivity (Wildman–Crippen MR) is 127 cm³/mol. The number of ether oxygens (including phenoxy) is 1. The molecule has 2 atom stereocenters. The second kappa shape index (κ2) is 12.0. The van der Waals surface area contributed by atoms with Crippen LogP contribution in [0.25, 0.3) is 0 Å². The van der Waals surface area contributed by atoms with E-state index in [1.807, 2.05) is 20.2 Å². The van der Waals surface area contributed by atoms with Crippen LogP contribution in [-0.2, 0) is 4.74 Å². The predicted octanol–water partition coefficient (Wildman–Crippen LogP) is 2.42. The van der Waals surface area contributed by atoms with Gasteiger partial charge in [-0.15, -0.1) is 24.0 Å².